The van der Waals surface area contributed by atoms with Gasteiger partial charge < -0.3 is 4.90 Å². The molecule has 0 N–H and O–H groups in total. The summed E-state index contributed by atoms with van der Waals surface area (Å²) in [6, 6.07) is 15.0. The highest BCUT2D eigenvalue weighted by atomic mass is 19.1. The second kappa shape index (κ2) is 5.70. The first-order chi connectivity index (χ1) is 9.52. The van der Waals surface area contributed by atoms with Gasteiger partial charge in [0.15, 0.2) is 0 Å². The molecule has 102 valence electrons. The smallest absolute Gasteiger partial charge is 0.241 e. The summed E-state index contributed by atoms with van der Waals surface area (Å²) >= 11 is 0. The number of hydrogen-bond donors (Lipinski definition) is 0. The Balaban J connectivity index is 2.40. The Morgan fingerprint density at radius 1 is 1.10 bits per heavy atom. The summed E-state index contributed by atoms with van der Waals surface area (Å²) in [7, 11) is 3.59. The molecule has 0 aliphatic heterocycles. The van der Waals surface area contributed by atoms with E-state index in [0.29, 0.717) is 16.9 Å². The van der Waals surface area contributed by atoms with Crippen molar-refractivity contribution in [3.63, 3.8) is 0 Å². The Morgan fingerprint density at radius 2 is 1.75 bits per heavy atom. The van der Waals surface area contributed by atoms with Gasteiger partial charge in [0.05, 0.1) is 0 Å². The third-order valence-electron chi connectivity index (χ3n) is 3.25. The lowest BCUT2D eigenvalue weighted by Gasteiger charge is -2.22. The summed E-state index contributed by atoms with van der Waals surface area (Å²) < 4.78 is 16.0. The molecule has 0 aliphatic carbocycles. The van der Waals surface area contributed by atoms with Crippen LogP contribution in [0.3, 0.4) is 0 Å². The second-order valence-electron chi connectivity index (χ2n) is 4.68. The van der Waals surface area contributed by atoms with Gasteiger partial charge in [0, 0.05) is 30.1 Å². The molecule has 0 fully saturated rings. The van der Waals surface area contributed by atoms with E-state index in [0.717, 1.165) is 5.69 Å². The molecule has 20 heavy (non-hydrogen) atoms. The van der Waals surface area contributed by atoms with Crippen LogP contribution in [0.25, 0.3) is 5.70 Å². The number of anilines is 1. The molecule has 0 spiro atoms. The second-order valence-corrected chi connectivity index (χ2v) is 4.68. The van der Waals surface area contributed by atoms with Crippen LogP contribution < -0.4 is 4.90 Å². The standard InChI is InChI=1S/C17H18FN2/c1-13(20(4)14-9-6-5-7-10-14)15-11-8-12-16(17(15)18)19(2)3/h5-12H,1-2H2,3-4H3/q+1. The molecule has 0 radical (unpaired) electrons. The fraction of sp³-hybridized carbons (Fsp3) is 0.118. The summed E-state index contributed by atoms with van der Waals surface area (Å²) in [5.41, 5.74) is 2.50. The topological polar surface area (TPSA) is 6.25 Å². The molecule has 2 aromatic rings. The zero-order valence-corrected chi connectivity index (χ0v) is 11.8. The van der Waals surface area contributed by atoms with Gasteiger partial charge in [-0.05, 0) is 18.2 Å². The minimum absolute atomic E-state index is 0.308. The fourth-order valence-electron chi connectivity index (χ4n) is 2.03. The van der Waals surface area contributed by atoms with E-state index in [2.05, 4.69) is 13.3 Å². The van der Waals surface area contributed by atoms with Crippen LogP contribution in [0.1, 0.15) is 5.56 Å². The Hall–Kier alpha value is -2.42. The van der Waals surface area contributed by atoms with Crippen LogP contribution >= 0.6 is 0 Å². The predicted octanol–water partition coefficient (Wildman–Crippen LogP) is 3.91. The van der Waals surface area contributed by atoms with Crippen LogP contribution in [-0.2, 0) is 0 Å². The van der Waals surface area contributed by atoms with Crippen molar-refractivity contribution in [3.05, 3.63) is 66.5 Å². The monoisotopic (exact) mass is 269 g/mol. The summed E-state index contributed by atoms with van der Waals surface area (Å²) in [5.74, 6) is -0.308. The zero-order chi connectivity index (χ0) is 14.7. The van der Waals surface area contributed by atoms with E-state index in [-0.39, 0.29) is 5.82 Å². The van der Waals surface area contributed by atoms with Crippen molar-refractivity contribution in [2.45, 2.75) is 0 Å². The molecule has 0 amide bonds. The average Bonchev–Trinajstić information content (AvgIpc) is 2.46. The quantitative estimate of drug-likeness (QED) is 0.602. The molecule has 0 unspecified atom stereocenters. The molecule has 2 aromatic carbocycles. The van der Waals surface area contributed by atoms with Crippen LogP contribution in [0.5, 0.6) is 0 Å². The molecule has 0 atom stereocenters. The van der Waals surface area contributed by atoms with E-state index in [9.17, 15) is 4.39 Å². The molecule has 3 heteroatoms. The third kappa shape index (κ3) is 2.62. The third-order valence-corrected chi connectivity index (χ3v) is 3.25. The van der Waals surface area contributed by atoms with Gasteiger partial charge in [0.25, 0.3) is 0 Å². The number of hydrogen-bond acceptors (Lipinski definition) is 1. The van der Waals surface area contributed by atoms with Crippen molar-refractivity contribution < 1.29 is 8.97 Å². The molecular formula is C17H18FN2+. The summed E-state index contributed by atoms with van der Waals surface area (Å²) in [6.45, 7) is 7.73. The van der Waals surface area contributed by atoms with E-state index >= 15 is 0 Å². The predicted molar refractivity (Wildman–Crippen MR) is 83.2 cm³/mol. The molecule has 0 aliphatic rings. The Bertz CT molecular complexity index is 647. The first kappa shape index (κ1) is 14.0. The van der Waals surface area contributed by atoms with Gasteiger partial charge in [-0.2, -0.15) is 4.39 Å². The van der Waals surface area contributed by atoms with Crippen LogP contribution in [0.2, 0.25) is 0 Å². The maximum atomic E-state index is 14.5. The van der Waals surface area contributed by atoms with E-state index in [1.807, 2.05) is 42.3 Å². The molecular weight excluding hydrogens is 251 g/mol. The van der Waals surface area contributed by atoms with Crippen LogP contribution in [0, 0.1) is 5.82 Å². The largest absolute Gasteiger partial charge is 0.345 e. The highest BCUT2D eigenvalue weighted by Gasteiger charge is 2.18. The molecule has 0 saturated carbocycles. The fourth-order valence-corrected chi connectivity index (χ4v) is 2.03. The molecule has 0 heterocycles. The van der Waals surface area contributed by atoms with Crippen LogP contribution in [-0.4, -0.2) is 25.4 Å². The van der Waals surface area contributed by atoms with Crippen LogP contribution in [0.15, 0.2) is 55.1 Å². The van der Waals surface area contributed by atoms with Gasteiger partial charge in [0.2, 0.25) is 11.5 Å². The number of para-hydroxylation sites is 1. The van der Waals surface area contributed by atoms with Gasteiger partial charge in [-0.15, -0.1) is 0 Å². The van der Waals surface area contributed by atoms with E-state index in [1.165, 1.54) is 4.58 Å². The number of rotatable bonds is 4. The first-order valence-electron chi connectivity index (χ1n) is 6.33. The van der Waals surface area contributed by atoms with Gasteiger partial charge in [0.1, 0.15) is 13.8 Å². The van der Waals surface area contributed by atoms with Gasteiger partial charge in [-0.25, -0.2) is 4.58 Å². The number of nitrogens with zero attached hydrogens (tertiary/aromatic N) is 2. The Labute approximate surface area is 119 Å². The highest BCUT2D eigenvalue weighted by Crippen LogP contribution is 2.28. The zero-order valence-electron chi connectivity index (χ0n) is 11.8. The molecule has 2 nitrogen and oxygen atoms in total. The molecule has 0 aromatic heterocycles. The maximum absolute atomic E-state index is 14.5. The first-order valence-corrected chi connectivity index (χ1v) is 6.33. The lowest BCUT2D eigenvalue weighted by atomic mass is 10.1. The minimum atomic E-state index is -0.308. The lowest BCUT2D eigenvalue weighted by Crippen LogP contribution is -2.15. The van der Waals surface area contributed by atoms with Crippen molar-refractivity contribution in [2.75, 3.05) is 19.0 Å². The normalized spacial score (nSPS) is 10.2. The molecule has 0 bridgehead atoms. The Kier molecular flexibility index (Phi) is 3.99. The minimum Gasteiger partial charge on any atom is -0.345 e. The summed E-state index contributed by atoms with van der Waals surface area (Å²) in [5, 5.41) is 0. The summed E-state index contributed by atoms with van der Waals surface area (Å²) in [6.07, 6.45) is 0. The number of benzene rings is 2. The van der Waals surface area contributed by atoms with Crippen LogP contribution in [0.4, 0.5) is 15.8 Å². The molecule has 0 saturated heterocycles. The van der Waals surface area contributed by atoms with E-state index in [1.54, 1.807) is 25.2 Å². The highest BCUT2D eigenvalue weighted by molar-refractivity contribution is 5.78. The SMILES string of the molecule is C=C(c1cccc([N+](=C)C)c1F)N(C)c1ccccc1. The van der Waals surface area contributed by atoms with Crippen molar-refractivity contribution >= 4 is 23.8 Å². The van der Waals surface area contributed by atoms with Crippen molar-refractivity contribution in [1.29, 1.82) is 0 Å². The van der Waals surface area contributed by atoms with Gasteiger partial charge in [-0.3, -0.25) is 0 Å². The van der Waals surface area contributed by atoms with Crippen molar-refractivity contribution in [2.24, 2.45) is 0 Å². The van der Waals surface area contributed by atoms with Crippen molar-refractivity contribution in [1.82, 2.24) is 0 Å². The van der Waals surface area contributed by atoms with Gasteiger partial charge >= 0.3 is 0 Å². The van der Waals surface area contributed by atoms with Gasteiger partial charge in [-0.1, -0.05) is 30.8 Å². The number of halogens is 1. The summed E-state index contributed by atoms with van der Waals surface area (Å²) in [4.78, 5) is 1.87. The molecule has 2 rings (SSSR count). The van der Waals surface area contributed by atoms with Crippen molar-refractivity contribution in [3.8, 4) is 0 Å². The van der Waals surface area contributed by atoms with E-state index < -0.39 is 0 Å². The lowest BCUT2D eigenvalue weighted by molar-refractivity contribution is -0.397. The maximum Gasteiger partial charge on any atom is 0.241 e. The average molecular weight is 269 g/mol. The van der Waals surface area contributed by atoms with E-state index in [4.69, 9.17) is 0 Å². The Morgan fingerprint density at radius 3 is 2.35 bits per heavy atom.